The monoisotopic (exact) mass is 445 g/mol. The molecule has 0 aliphatic carbocycles. The standard InChI is InChI=1S/C23H19N5O3S/c29-19-12-11-16(13-20(19)30)14-24-25-21(31)15-32-23-27-26-22(17-7-3-1-4-8-17)28(23)18-9-5-2-6-10-18/h1-14,29-30H,15H2,(H,25,31)/b24-14+. The first-order valence-electron chi connectivity index (χ1n) is 9.65. The van der Waals surface area contributed by atoms with Gasteiger partial charge in [0.2, 0.25) is 0 Å². The molecule has 1 heterocycles. The second-order valence-electron chi connectivity index (χ2n) is 6.67. The Hall–Kier alpha value is -4.11. The van der Waals surface area contributed by atoms with Crippen LogP contribution in [0.2, 0.25) is 0 Å². The van der Waals surface area contributed by atoms with E-state index in [2.05, 4.69) is 20.7 Å². The average Bonchev–Trinajstić information content (AvgIpc) is 3.25. The average molecular weight is 446 g/mol. The molecule has 0 saturated heterocycles. The number of carbonyl (C=O) groups excluding carboxylic acids is 1. The van der Waals surface area contributed by atoms with Crippen molar-refractivity contribution in [2.24, 2.45) is 5.10 Å². The fraction of sp³-hybridized carbons (Fsp3) is 0.0435. The Morgan fingerprint density at radius 3 is 2.41 bits per heavy atom. The predicted molar refractivity (Wildman–Crippen MR) is 123 cm³/mol. The third-order valence-corrected chi connectivity index (χ3v) is 5.34. The van der Waals surface area contributed by atoms with Crippen LogP contribution in [0.25, 0.3) is 17.1 Å². The van der Waals surface area contributed by atoms with E-state index < -0.39 is 0 Å². The number of aromatic nitrogens is 3. The minimum atomic E-state index is -0.321. The van der Waals surface area contributed by atoms with E-state index >= 15 is 0 Å². The first-order valence-corrected chi connectivity index (χ1v) is 10.6. The summed E-state index contributed by atoms with van der Waals surface area (Å²) in [5.41, 5.74) is 4.78. The molecule has 0 unspecified atom stereocenters. The second-order valence-corrected chi connectivity index (χ2v) is 7.62. The van der Waals surface area contributed by atoms with Gasteiger partial charge in [0.15, 0.2) is 22.5 Å². The van der Waals surface area contributed by atoms with Crippen LogP contribution in [0, 0.1) is 0 Å². The van der Waals surface area contributed by atoms with E-state index in [0.29, 0.717) is 16.5 Å². The van der Waals surface area contributed by atoms with Crippen molar-refractivity contribution in [1.29, 1.82) is 0 Å². The molecular formula is C23H19N5O3S. The van der Waals surface area contributed by atoms with Crippen molar-refractivity contribution in [3.8, 4) is 28.6 Å². The molecule has 0 radical (unpaired) electrons. The van der Waals surface area contributed by atoms with E-state index in [1.807, 2.05) is 65.2 Å². The minimum absolute atomic E-state index is 0.0813. The van der Waals surface area contributed by atoms with Crippen molar-refractivity contribution in [1.82, 2.24) is 20.2 Å². The number of nitrogens with one attached hydrogen (secondary N) is 1. The van der Waals surface area contributed by atoms with E-state index in [-0.39, 0.29) is 23.2 Å². The molecule has 0 aliphatic rings. The van der Waals surface area contributed by atoms with Gasteiger partial charge in [-0.05, 0) is 35.9 Å². The number of para-hydroxylation sites is 1. The molecule has 3 aromatic carbocycles. The maximum atomic E-state index is 12.3. The summed E-state index contributed by atoms with van der Waals surface area (Å²) in [5.74, 6) is -0.0361. The summed E-state index contributed by atoms with van der Waals surface area (Å²) < 4.78 is 1.91. The summed E-state index contributed by atoms with van der Waals surface area (Å²) in [6.45, 7) is 0. The van der Waals surface area contributed by atoms with Gasteiger partial charge in [0.05, 0.1) is 12.0 Å². The summed E-state index contributed by atoms with van der Waals surface area (Å²) in [6.07, 6.45) is 1.38. The van der Waals surface area contributed by atoms with Crippen LogP contribution < -0.4 is 5.43 Å². The van der Waals surface area contributed by atoms with Gasteiger partial charge in [-0.1, -0.05) is 60.3 Å². The zero-order chi connectivity index (χ0) is 22.3. The molecular weight excluding hydrogens is 426 g/mol. The number of phenols is 2. The van der Waals surface area contributed by atoms with Crippen molar-refractivity contribution in [2.45, 2.75) is 5.16 Å². The number of hydrogen-bond donors (Lipinski definition) is 3. The molecule has 9 heteroatoms. The summed E-state index contributed by atoms with van der Waals surface area (Å²) in [7, 11) is 0. The van der Waals surface area contributed by atoms with E-state index in [0.717, 1.165) is 11.3 Å². The number of thioether (sulfide) groups is 1. The number of phenolic OH excluding ortho intramolecular Hbond substituents is 2. The number of benzene rings is 3. The van der Waals surface area contributed by atoms with Gasteiger partial charge < -0.3 is 10.2 Å². The molecule has 4 rings (SSSR count). The molecule has 4 aromatic rings. The first kappa shape index (κ1) is 21.1. The SMILES string of the molecule is O=C(CSc1nnc(-c2ccccc2)n1-c1ccccc1)N/N=C/c1ccc(O)c(O)c1. The van der Waals surface area contributed by atoms with Gasteiger partial charge in [-0.2, -0.15) is 5.10 Å². The molecule has 0 fully saturated rings. The van der Waals surface area contributed by atoms with Crippen LogP contribution in [-0.2, 0) is 4.79 Å². The van der Waals surface area contributed by atoms with E-state index in [4.69, 9.17) is 0 Å². The van der Waals surface area contributed by atoms with Crippen molar-refractivity contribution >= 4 is 23.9 Å². The lowest BCUT2D eigenvalue weighted by Gasteiger charge is -2.10. The van der Waals surface area contributed by atoms with Gasteiger partial charge >= 0.3 is 0 Å². The molecule has 160 valence electrons. The molecule has 0 bridgehead atoms. The normalized spacial score (nSPS) is 11.0. The lowest BCUT2D eigenvalue weighted by molar-refractivity contribution is -0.118. The largest absolute Gasteiger partial charge is 0.504 e. The number of nitrogens with zero attached hydrogens (tertiary/aromatic N) is 4. The molecule has 0 spiro atoms. The highest BCUT2D eigenvalue weighted by Crippen LogP contribution is 2.28. The first-order chi connectivity index (χ1) is 15.6. The predicted octanol–water partition coefficient (Wildman–Crippen LogP) is 3.59. The molecule has 0 saturated carbocycles. The van der Waals surface area contributed by atoms with Crippen LogP contribution in [0.3, 0.4) is 0 Å². The van der Waals surface area contributed by atoms with E-state index in [1.54, 1.807) is 6.07 Å². The van der Waals surface area contributed by atoms with Crippen LogP contribution in [-0.4, -0.2) is 42.9 Å². The molecule has 1 amide bonds. The quantitative estimate of drug-likeness (QED) is 0.173. The third-order valence-electron chi connectivity index (χ3n) is 4.41. The lowest BCUT2D eigenvalue weighted by Crippen LogP contribution is -2.20. The smallest absolute Gasteiger partial charge is 0.250 e. The van der Waals surface area contributed by atoms with Crippen LogP contribution in [0.4, 0.5) is 0 Å². The Labute approximate surface area is 188 Å². The van der Waals surface area contributed by atoms with Crippen LogP contribution in [0.5, 0.6) is 11.5 Å². The highest BCUT2D eigenvalue weighted by molar-refractivity contribution is 7.99. The number of rotatable bonds is 7. The maximum Gasteiger partial charge on any atom is 0.250 e. The van der Waals surface area contributed by atoms with Gasteiger partial charge in [-0.25, -0.2) is 5.43 Å². The maximum absolute atomic E-state index is 12.3. The topological polar surface area (TPSA) is 113 Å². The van der Waals surface area contributed by atoms with Crippen molar-refractivity contribution < 1.29 is 15.0 Å². The number of hydrazone groups is 1. The molecule has 1 aromatic heterocycles. The zero-order valence-electron chi connectivity index (χ0n) is 16.8. The highest BCUT2D eigenvalue weighted by Gasteiger charge is 2.17. The fourth-order valence-electron chi connectivity index (χ4n) is 2.91. The molecule has 8 nitrogen and oxygen atoms in total. The third kappa shape index (κ3) is 4.96. The molecule has 0 atom stereocenters. The fourth-order valence-corrected chi connectivity index (χ4v) is 3.65. The molecule has 0 aliphatic heterocycles. The number of aromatic hydroxyl groups is 2. The minimum Gasteiger partial charge on any atom is -0.504 e. The van der Waals surface area contributed by atoms with E-state index in [9.17, 15) is 15.0 Å². The van der Waals surface area contributed by atoms with Crippen molar-refractivity contribution in [3.05, 3.63) is 84.4 Å². The van der Waals surface area contributed by atoms with Gasteiger partial charge in [0.25, 0.3) is 5.91 Å². The zero-order valence-corrected chi connectivity index (χ0v) is 17.6. The Bertz CT molecular complexity index is 1240. The highest BCUT2D eigenvalue weighted by atomic mass is 32.2. The van der Waals surface area contributed by atoms with Crippen molar-refractivity contribution in [3.63, 3.8) is 0 Å². The Kier molecular flexibility index (Phi) is 6.47. The summed E-state index contributed by atoms with van der Waals surface area (Å²) in [6, 6.07) is 23.7. The number of carbonyl (C=O) groups is 1. The summed E-state index contributed by atoms with van der Waals surface area (Å²) in [5, 5.41) is 31.9. The summed E-state index contributed by atoms with van der Waals surface area (Å²) >= 11 is 1.25. The van der Waals surface area contributed by atoms with Gasteiger partial charge in [-0.15, -0.1) is 10.2 Å². The number of amides is 1. The Balaban J connectivity index is 1.47. The summed E-state index contributed by atoms with van der Waals surface area (Å²) in [4.78, 5) is 12.3. The Morgan fingerprint density at radius 2 is 1.69 bits per heavy atom. The van der Waals surface area contributed by atoms with Crippen LogP contribution in [0.15, 0.2) is 89.1 Å². The van der Waals surface area contributed by atoms with Crippen molar-refractivity contribution in [2.75, 3.05) is 5.75 Å². The van der Waals surface area contributed by atoms with Gasteiger partial charge in [-0.3, -0.25) is 9.36 Å². The number of hydrogen-bond acceptors (Lipinski definition) is 7. The Morgan fingerprint density at radius 1 is 0.969 bits per heavy atom. The van der Waals surface area contributed by atoms with E-state index in [1.165, 1.54) is 30.1 Å². The van der Waals surface area contributed by atoms with Crippen LogP contribution >= 0.6 is 11.8 Å². The molecule has 3 N–H and O–H groups in total. The van der Waals surface area contributed by atoms with Gasteiger partial charge in [0.1, 0.15) is 0 Å². The lowest BCUT2D eigenvalue weighted by atomic mass is 10.2. The van der Waals surface area contributed by atoms with Gasteiger partial charge in [0, 0.05) is 11.3 Å². The second kappa shape index (κ2) is 9.80. The molecule has 32 heavy (non-hydrogen) atoms. The van der Waals surface area contributed by atoms with Crippen LogP contribution in [0.1, 0.15) is 5.56 Å².